The van der Waals surface area contributed by atoms with Crippen LogP contribution in [-0.2, 0) is 14.1 Å². The second kappa shape index (κ2) is 8.59. The number of hydrogen-bond acceptors (Lipinski definition) is 5. The zero-order valence-corrected chi connectivity index (χ0v) is 18.0. The Bertz CT molecular complexity index is 800. The monoisotopic (exact) mass is 398 g/mol. The molecule has 3 aliphatic heterocycles. The molecule has 0 amide bonds. The Morgan fingerprint density at radius 2 is 1.76 bits per heavy atom. The molecule has 8 nitrogen and oxygen atoms in total. The van der Waals surface area contributed by atoms with Crippen LogP contribution >= 0.6 is 0 Å². The minimum absolute atomic E-state index is 0.720. The minimum atomic E-state index is 0.720. The van der Waals surface area contributed by atoms with E-state index in [1.807, 2.05) is 18.7 Å². The molecule has 156 valence electrons. The fraction of sp³-hybridized carbons (Fsp3) is 0.619. The number of benzene rings is 1. The van der Waals surface area contributed by atoms with E-state index >= 15 is 0 Å². The lowest BCUT2D eigenvalue weighted by Gasteiger charge is -2.51. The number of hydrogen-bond donors (Lipinski definition) is 0. The molecule has 0 unspecified atom stereocenters. The lowest BCUT2D eigenvalue weighted by molar-refractivity contribution is -0.939. The summed E-state index contributed by atoms with van der Waals surface area (Å²) in [6.07, 6.45) is 2.89. The normalized spacial score (nSPS) is 23.8. The molecule has 5 rings (SSSR count). The number of nitrogens with zero attached hydrogens (tertiary/aromatic N) is 8. The largest absolute Gasteiger partial charge is 0.403 e. The second-order valence-corrected chi connectivity index (χ2v) is 8.45. The molecule has 3 fully saturated rings. The lowest BCUT2D eigenvalue weighted by atomic mass is 10.1. The first kappa shape index (κ1) is 20.0. The van der Waals surface area contributed by atoms with E-state index < -0.39 is 0 Å². The zero-order valence-electron chi connectivity index (χ0n) is 18.0. The van der Waals surface area contributed by atoms with E-state index in [0.717, 1.165) is 31.1 Å². The van der Waals surface area contributed by atoms with E-state index in [1.165, 1.54) is 56.0 Å². The topological polar surface area (TPSA) is 52.9 Å². The highest BCUT2D eigenvalue weighted by atomic mass is 15.5. The van der Waals surface area contributed by atoms with Gasteiger partial charge in [-0.2, -0.15) is 0 Å². The van der Waals surface area contributed by atoms with Gasteiger partial charge in [0.1, 0.15) is 0 Å². The maximum absolute atomic E-state index is 4.38. The van der Waals surface area contributed by atoms with E-state index in [9.17, 15) is 0 Å². The van der Waals surface area contributed by atoms with Crippen molar-refractivity contribution >= 4 is 17.3 Å². The van der Waals surface area contributed by atoms with Gasteiger partial charge in [0.15, 0.2) is 0 Å². The van der Waals surface area contributed by atoms with E-state index in [4.69, 9.17) is 0 Å². The molecular weight excluding hydrogens is 364 g/mol. The third-order valence-corrected chi connectivity index (χ3v) is 6.48. The second-order valence-electron chi connectivity index (χ2n) is 8.45. The molecule has 2 aromatic rings. The first-order valence-corrected chi connectivity index (χ1v) is 10.8. The third kappa shape index (κ3) is 4.48. The number of fused-ring (bicyclic) bond motifs is 3. The number of rotatable bonds is 8. The van der Waals surface area contributed by atoms with Gasteiger partial charge in [0.05, 0.1) is 52.5 Å². The SMILES string of the molecule is CCCN(CC[N+]12CCN(CC1)CC2)c1ccc(N=Nc2n(C)nc[n+]2C)cc1. The molecule has 0 spiro atoms. The standard InChI is InChI=1S/C21H34N8/c1-4-9-28(13-17-29-14-10-27(11-15-29)12-16-29)20-7-5-19(6-8-20)23-24-21-25(2)18-22-26(21)3/h5-8,18H,4,9-17H2,1-3H3/q+2. The van der Waals surface area contributed by atoms with Crippen LogP contribution in [0, 0.1) is 0 Å². The van der Waals surface area contributed by atoms with Crippen molar-refractivity contribution < 1.29 is 9.05 Å². The van der Waals surface area contributed by atoms with Gasteiger partial charge in [0, 0.05) is 37.0 Å². The molecule has 0 radical (unpaired) electrons. The van der Waals surface area contributed by atoms with Gasteiger partial charge in [-0.3, -0.25) is 4.90 Å². The quantitative estimate of drug-likeness (QED) is 0.388. The molecule has 2 bridgehead atoms. The first-order chi connectivity index (χ1) is 14.1. The van der Waals surface area contributed by atoms with Gasteiger partial charge in [-0.25, -0.2) is 4.57 Å². The number of anilines is 1. The van der Waals surface area contributed by atoms with E-state index in [1.54, 1.807) is 11.0 Å². The Balaban J connectivity index is 1.41. The number of aryl methyl sites for hydroxylation is 2. The van der Waals surface area contributed by atoms with Crippen molar-refractivity contribution in [3.8, 4) is 0 Å². The Morgan fingerprint density at radius 3 is 2.34 bits per heavy atom. The van der Waals surface area contributed by atoms with Crippen molar-refractivity contribution in [1.82, 2.24) is 14.7 Å². The number of quaternary nitrogens is 1. The lowest BCUT2D eigenvalue weighted by Crippen LogP contribution is -2.68. The van der Waals surface area contributed by atoms with Crippen LogP contribution in [0.3, 0.4) is 0 Å². The van der Waals surface area contributed by atoms with Crippen LogP contribution < -0.4 is 9.47 Å². The zero-order chi connectivity index (χ0) is 20.3. The first-order valence-electron chi connectivity index (χ1n) is 10.8. The average molecular weight is 399 g/mol. The van der Waals surface area contributed by atoms with Crippen molar-refractivity contribution in [2.24, 2.45) is 24.3 Å². The molecule has 3 saturated heterocycles. The van der Waals surface area contributed by atoms with Gasteiger partial charge in [0.2, 0.25) is 6.33 Å². The highest BCUT2D eigenvalue weighted by molar-refractivity contribution is 5.52. The van der Waals surface area contributed by atoms with Crippen molar-refractivity contribution in [1.29, 1.82) is 0 Å². The summed E-state index contributed by atoms with van der Waals surface area (Å²) in [6, 6.07) is 8.48. The summed E-state index contributed by atoms with van der Waals surface area (Å²) in [5.74, 6) is 0.720. The van der Waals surface area contributed by atoms with Gasteiger partial charge < -0.3 is 9.38 Å². The molecule has 1 aromatic carbocycles. The molecule has 0 saturated carbocycles. The Labute approximate surface area is 173 Å². The predicted octanol–water partition coefficient (Wildman–Crippen LogP) is 2.02. The van der Waals surface area contributed by atoms with Crippen molar-refractivity contribution in [2.45, 2.75) is 13.3 Å². The summed E-state index contributed by atoms with van der Waals surface area (Å²) >= 11 is 0. The molecule has 0 N–H and O–H groups in total. The summed E-state index contributed by atoms with van der Waals surface area (Å²) in [4.78, 5) is 5.15. The Hall–Kier alpha value is -2.32. The third-order valence-electron chi connectivity index (χ3n) is 6.48. The summed E-state index contributed by atoms with van der Waals surface area (Å²) < 4.78 is 4.88. The number of piperazine rings is 3. The van der Waals surface area contributed by atoms with E-state index in [0.29, 0.717) is 0 Å². The molecule has 0 atom stereocenters. The van der Waals surface area contributed by atoms with Gasteiger partial charge >= 0.3 is 5.95 Å². The van der Waals surface area contributed by atoms with Crippen molar-refractivity contribution in [3.63, 3.8) is 0 Å². The molecule has 29 heavy (non-hydrogen) atoms. The molecular formula is C21H34N8+2. The van der Waals surface area contributed by atoms with Gasteiger partial charge in [0.25, 0.3) is 0 Å². The van der Waals surface area contributed by atoms with E-state index in [-0.39, 0.29) is 0 Å². The Morgan fingerprint density at radius 1 is 1.07 bits per heavy atom. The predicted molar refractivity (Wildman–Crippen MR) is 114 cm³/mol. The van der Waals surface area contributed by atoms with Crippen LogP contribution in [0.1, 0.15) is 13.3 Å². The van der Waals surface area contributed by atoms with Gasteiger partial charge in [-0.15, -0.1) is 4.68 Å². The summed E-state index contributed by atoms with van der Waals surface area (Å²) in [7, 11) is 3.79. The average Bonchev–Trinajstić information content (AvgIpc) is 3.09. The van der Waals surface area contributed by atoms with Crippen LogP contribution in [-0.4, -0.2) is 78.1 Å². The van der Waals surface area contributed by atoms with Gasteiger partial charge in [-0.1, -0.05) is 12.0 Å². The number of aromatic nitrogens is 3. The molecule has 1 aromatic heterocycles. The van der Waals surface area contributed by atoms with Crippen LogP contribution in [0.15, 0.2) is 40.8 Å². The molecule has 3 aliphatic rings. The molecule has 4 heterocycles. The highest BCUT2D eigenvalue weighted by Gasteiger charge is 2.38. The minimum Gasteiger partial charge on any atom is -0.366 e. The van der Waals surface area contributed by atoms with Gasteiger partial charge in [-0.05, 0) is 35.8 Å². The van der Waals surface area contributed by atoms with Crippen LogP contribution in [0.25, 0.3) is 0 Å². The molecule has 8 heteroatoms. The fourth-order valence-corrected chi connectivity index (χ4v) is 4.49. The summed E-state index contributed by atoms with van der Waals surface area (Å²) in [6.45, 7) is 13.5. The Kier molecular flexibility index (Phi) is 5.91. The van der Waals surface area contributed by atoms with Crippen molar-refractivity contribution in [2.75, 3.05) is 63.8 Å². The number of azo groups is 1. The maximum atomic E-state index is 4.38. The van der Waals surface area contributed by atoms with E-state index in [2.05, 4.69) is 56.3 Å². The van der Waals surface area contributed by atoms with Crippen LogP contribution in [0.4, 0.5) is 17.3 Å². The van der Waals surface area contributed by atoms with Crippen LogP contribution in [0.5, 0.6) is 0 Å². The maximum Gasteiger partial charge on any atom is 0.403 e. The summed E-state index contributed by atoms with van der Waals surface area (Å²) in [5.41, 5.74) is 2.14. The van der Waals surface area contributed by atoms with Crippen LogP contribution in [0.2, 0.25) is 0 Å². The fourth-order valence-electron chi connectivity index (χ4n) is 4.49. The molecule has 0 aliphatic carbocycles. The summed E-state index contributed by atoms with van der Waals surface area (Å²) in [5, 5.41) is 12.9. The smallest absolute Gasteiger partial charge is 0.366 e. The highest BCUT2D eigenvalue weighted by Crippen LogP contribution is 2.23. The van der Waals surface area contributed by atoms with Crippen molar-refractivity contribution in [3.05, 3.63) is 30.6 Å².